The molecule has 0 saturated carbocycles. The van der Waals surface area contributed by atoms with Crippen LogP contribution >= 0.6 is 0 Å². The van der Waals surface area contributed by atoms with Crippen LogP contribution in [0.1, 0.15) is 12.0 Å². The highest BCUT2D eigenvalue weighted by Gasteiger charge is 1.97. The summed E-state index contributed by atoms with van der Waals surface area (Å²) in [6.45, 7) is 0. The molecule has 2 aromatic rings. The fourth-order valence-electron chi connectivity index (χ4n) is 1.71. The highest BCUT2D eigenvalue weighted by Crippen LogP contribution is 2.17. The van der Waals surface area contributed by atoms with E-state index in [2.05, 4.69) is 22.8 Å². The molecule has 0 spiro atoms. The summed E-state index contributed by atoms with van der Waals surface area (Å²) in [4.78, 5) is 10.6. The van der Waals surface area contributed by atoms with E-state index in [9.17, 15) is 4.79 Å². The summed E-state index contributed by atoms with van der Waals surface area (Å²) in [7, 11) is 2.02. The van der Waals surface area contributed by atoms with Crippen molar-refractivity contribution in [2.24, 2.45) is 12.8 Å². The van der Waals surface area contributed by atoms with E-state index < -0.39 is 0 Å². The lowest BCUT2D eigenvalue weighted by atomic mass is 10.1. The second-order valence-electron chi connectivity index (χ2n) is 3.82. The zero-order chi connectivity index (χ0) is 11.5. The van der Waals surface area contributed by atoms with Gasteiger partial charge in [0.15, 0.2) is 0 Å². The number of hydrogen-bond acceptors (Lipinski definition) is 1. The van der Waals surface area contributed by atoms with Gasteiger partial charge in [-0.15, -0.1) is 0 Å². The maximum absolute atomic E-state index is 10.6. The summed E-state index contributed by atoms with van der Waals surface area (Å²) in [6.07, 6.45) is 6.01. The van der Waals surface area contributed by atoms with Gasteiger partial charge in [0.25, 0.3) is 0 Å². The number of aryl methyl sites for hydroxylation is 1. The van der Waals surface area contributed by atoms with Crippen molar-refractivity contribution in [1.82, 2.24) is 4.57 Å². The molecule has 0 bridgehead atoms. The van der Waals surface area contributed by atoms with Gasteiger partial charge in [0.2, 0.25) is 5.91 Å². The minimum Gasteiger partial charge on any atom is -0.369 e. The highest BCUT2D eigenvalue weighted by atomic mass is 16.1. The van der Waals surface area contributed by atoms with E-state index in [0.29, 0.717) is 0 Å². The van der Waals surface area contributed by atoms with Crippen molar-refractivity contribution in [3.05, 3.63) is 42.1 Å². The first-order valence-electron chi connectivity index (χ1n) is 5.17. The fourth-order valence-corrected chi connectivity index (χ4v) is 1.71. The molecule has 0 unspecified atom stereocenters. The van der Waals surface area contributed by atoms with Crippen LogP contribution < -0.4 is 5.73 Å². The average molecular weight is 214 g/mol. The van der Waals surface area contributed by atoms with Crippen LogP contribution in [0, 0.1) is 0 Å². The molecular weight excluding hydrogens is 200 g/mol. The molecule has 2 N–H and O–H groups in total. The predicted octanol–water partition coefficient (Wildman–Crippen LogP) is 2.07. The number of fused-ring (bicyclic) bond motifs is 1. The number of carbonyl (C=O) groups is 1. The Bertz CT molecular complexity index is 552. The molecule has 16 heavy (non-hydrogen) atoms. The summed E-state index contributed by atoms with van der Waals surface area (Å²) in [5, 5.41) is 1.20. The Morgan fingerprint density at radius 3 is 3.00 bits per heavy atom. The van der Waals surface area contributed by atoms with E-state index in [-0.39, 0.29) is 12.3 Å². The molecule has 0 aliphatic rings. The summed E-state index contributed by atoms with van der Waals surface area (Å²) in [5.41, 5.74) is 7.34. The van der Waals surface area contributed by atoms with E-state index in [0.717, 1.165) is 5.56 Å². The van der Waals surface area contributed by atoms with Crippen molar-refractivity contribution < 1.29 is 4.79 Å². The first-order chi connectivity index (χ1) is 7.66. The van der Waals surface area contributed by atoms with Gasteiger partial charge in [-0.05, 0) is 23.8 Å². The van der Waals surface area contributed by atoms with E-state index >= 15 is 0 Å². The van der Waals surface area contributed by atoms with Crippen LogP contribution in [0.4, 0.5) is 0 Å². The van der Waals surface area contributed by atoms with Crippen LogP contribution in [-0.4, -0.2) is 10.5 Å². The third-order valence-electron chi connectivity index (χ3n) is 2.54. The Morgan fingerprint density at radius 2 is 2.25 bits per heavy atom. The molecule has 1 aromatic heterocycles. The Balaban J connectivity index is 2.26. The predicted molar refractivity (Wildman–Crippen MR) is 65.8 cm³/mol. The van der Waals surface area contributed by atoms with Crippen LogP contribution in [0.25, 0.3) is 17.0 Å². The third kappa shape index (κ3) is 2.14. The molecule has 1 heterocycles. The average Bonchev–Trinajstić information content (AvgIpc) is 2.60. The Labute approximate surface area is 94.2 Å². The van der Waals surface area contributed by atoms with Crippen LogP contribution in [0.15, 0.2) is 36.5 Å². The van der Waals surface area contributed by atoms with Crippen molar-refractivity contribution in [3.8, 4) is 0 Å². The number of nitrogens with zero attached hydrogens (tertiary/aromatic N) is 1. The Kier molecular flexibility index (Phi) is 2.77. The Hall–Kier alpha value is -2.03. The molecule has 0 aliphatic carbocycles. The van der Waals surface area contributed by atoms with Crippen molar-refractivity contribution in [2.45, 2.75) is 6.42 Å². The number of hydrogen-bond donors (Lipinski definition) is 1. The van der Waals surface area contributed by atoms with Gasteiger partial charge in [-0.3, -0.25) is 4.79 Å². The van der Waals surface area contributed by atoms with Gasteiger partial charge in [-0.2, -0.15) is 0 Å². The lowest BCUT2D eigenvalue weighted by Gasteiger charge is -1.97. The topological polar surface area (TPSA) is 48.0 Å². The lowest BCUT2D eigenvalue weighted by Crippen LogP contribution is -2.07. The number of primary amides is 1. The number of benzene rings is 1. The molecule has 3 heteroatoms. The summed E-state index contributed by atoms with van der Waals surface area (Å²) >= 11 is 0. The number of carbonyl (C=O) groups excluding carboxylic acids is 1. The second-order valence-corrected chi connectivity index (χ2v) is 3.82. The molecule has 1 amide bonds. The van der Waals surface area contributed by atoms with Gasteiger partial charge in [-0.1, -0.05) is 18.2 Å². The second kappa shape index (κ2) is 4.23. The van der Waals surface area contributed by atoms with E-state index in [1.807, 2.05) is 25.4 Å². The van der Waals surface area contributed by atoms with Gasteiger partial charge in [0, 0.05) is 30.6 Å². The maximum Gasteiger partial charge on any atom is 0.221 e. The summed E-state index contributed by atoms with van der Waals surface area (Å²) in [6, 6.07) is 8.26. The molecule has 0 fully saturated rings. The molecule has 2 rings (SSSR count). The normalized spacial score (nSPS) is 11.3. The van der Waals surface area contributed by atoms with Crippen LogP contribution in [0.2, 0.25) is 0 Å². The number of nitrogens with two attached hydrogens (primary N) is 1. The number of rotatable bonds is 3. The van der Waals surface area contributed by atoms with Crippen LogP contribution in [-0.2, 0) is 11.8 Å². The molecular formula is C13H14N2O. The number of amides is 1. The zero-order valence-electron chi connectivity index (χ0n) is 9.18. The summed E-state index contributed by atoms with van der Waals surface area (Å²) < 4.78 is 2.08. The van der Waals surface area contributed by atoms with Crippen molar-refractivity contribution >= 4 is 22.9 Å². The molecule has 3 nitrogen and oxygen atoms in total. The first kappa shape index (κ1) is 10.5. The first-order valence-corrected chi connectivity index (χ1v) is 5.17. The largest absolute Gasteiger partial charge is 0.369 e. The molecule has 82 valence electrons. The fraction of sp³-hybridized carbons (Fsp3) is 0.154. The number of aromatic nitrogens is 1. The van der Waals surface area contributed by atoms with Crippen molar-refractivity contribution in [2.75, 3.05) is 0 Å². The van der Waals surface area contributed by atoms with E-state index in [4.69, 9.17) is 5.73 Å². The smallest absolute Gasteiger partial charge is 0.221 e. The van der Waals surface area contributed by atoms with Gasteiger partial charge in [0.05, 0.1) is 0 Å². The van der Waals surface area contributed by atoms with Crippen LogP contribution in [0.3, 0.4) is 0 Å². The minimum atomic E-state index is -0.308. The highest BCUT2D eigenvalue weighted by molar-refractivity contribution is 5.83. The lowest BCUT2D eigenvalue weighted by molar-refractivity contribution is -0.117. The van der Waals surface area contributed by atoms with Gasteiger partial charge in [0.1, 0.15) is 0 Å². The van der Waals surface area contributed by atoms with Crippen molar-refractivity contribution in [3.63, 3.8) is 0 Å². The molecule has 0 radical (unpaired) electrons. The molecule has 1 aromatic carbocycles. The summed E-state index contributed by atoms with van der Waals surface area (Å²) in [5.74, 6) is -0.308. The van der Waals surface area contributed by atoms with Crippen LogP contribution in [0.5, 0.6) is 0 Å². The molecule has 0 aliphatic heterocycles. The van der Waals surface area contributed by atoms with Gasteiger partial charge < -0.3 is 10.3 Å². The maximum atomic E-state index is 10.6. The van der Waals surface area contributed by atoms with E-state index in [1.165, 1.54) is 10.9 Å². The Morgan fingerprint density at radius 1 is 1.44 bits per heavy atom. The van der Waals surface area contributed by atoms with E-state index in [1.54, 1.807) is 6.08 Å². The SMILES string of the molecule is Cn1ccc2cc(C=CCC(N)=O)ccc21. The monoisotopic (exact) mass is 214 g/mol. The van der Waals surface area contributed by atoms with Gasteiger partial charge >= 0.3 is 0 Å². The molecule has 0 atom stereocenters. The molecule has 0 saturated heterocycles. The minimum absolute atomic E-state index is 0.285. The quantitative estimate of drug-likeness (QED) is 0.835. The van der Waals surface area contributed by atoms with Gasteiger partial charge in [-0.25, -0.2) is 0 Å². The third-order valence-corrected chi connectivity index (χ3v) is 2.54. The standard InChI is InChI=1S/C13H14N2O/c1-15-8-7-11-9-10(5-6-12(11)15)3-2-4-13(14)16/h2-3,5-9H,4H2,1H3,(H2,14,16). The van der Waals surface area contributed by atoms with Crippen molar-refractivity contribution in [1.29, 1.82) is 0 Å². The zero-order valence-corrected chi connectivity index (χ0v) is 9.18.